The Balaban J connectivity index is 1.83. The van der Waals surface area contributed by atoms with Crippen molar-refractivity contribution in [3.8, 4) is 28.6 Å². The number of rotatable bonds is 6. The highest BCUT2D eigenvalue weighted by Gasteiger charge is 2.19. The summed E-state index contributed by atoms with van der Waals surface area (Å²) >= 11 is 0. The molecule has 1 aromatic heterocycles. The van der Waals surface area contributed by atoms with Gasteiger partial charge in [0.2, 0.25) is 17.5 Å². The predicted octanol–water partition coefficient (Wildman–Crippen LogP) is 1.59. The lowest BCUT2D eigenvalue weighted by Crippen LogP contribution is -2.35. The van der Waals surface area contributed by atoms with Crippen LogP contribution in [-0.2, 0) is 11.3 Å². The monoisotopic (exact) mass is 335 g/mol. The van der Waals surface area contributed by atoms with Crippen LogP contribution in [0.15, 0.2) is 16.7 Å². The van der Waals surface area contributed by atoms with Gasteiger partial charge in [-0.3, -0.25) is 4.90 Å². The summed E-state index contributed by atoms with van der Waals surface area (Å²) < 4.78 is 26.7. The highest BCUT2D eigenvalue weighted by atomic mass is 16.5. The van der Waals surface area contributed by atoms with Crippen LogP contribution in [0.3, 0.4) is 0 Å². The molecule has 8 heteroatoms. The number of methoxy groups -OCH3 is 3. The maximum atomic E-state index is 5.37. The number of hydrogen-bond donors (Lipinski definition) is 0. The first kappa shape index (κ1) is 16.5. The van der Waals surface area contributed by atoms with E-state index < -0.39 is 0 Å². The van der Waals surface area contributed by atoms with E-state index in [1.807, 2.05) is 0 Å². The third kappa shape index (κ3) is 3.44. The Labute approximate surface area is 140 Å². The molecule has 24 heavy (non-hydrogen) atoms. The molecule has 0 aliphatic carbocycles. The second kappa shape index (κ2) is 7.50. The van der Waals surface area contributed by atoms with Crippen LogP contribution in [0.25, 0.3) is 11.4 Å². The highest BCUT2D eigenvalue weighted by Crippen LogP contribution is 2.40. The topological polar surface area (TPSA) is 79.1 Å². The summed E-state index contributed by atoms with van der Waals surface area (Å²) in [6.07, 6.45) is 0. The van der Waals surface area contributed by atoms with Crippen molar-refractivity contribution in [1.29, 1.82) is 0 Å². The minimum atomic E-state index is 0.484. The predicted molar refractivity (Wildman–Crippen MR) is 85.5 cm³/mol. The number of benzene rings is 1. The third-order valence-electron chi connectivity index (χ3n) is 3.85. The molecule has 2 heterocycles. The van der Waals surface area contributed by atoms with Crippen LogP contribution in [0.5, 0.6) is 17.2 Å². The smallest absolute Gasteiger partial charge is 0.241 e. The molecule has 8 nitrogen and oxygen atoms in total. The molecule has 0 saturated carbocycles. The number of aromatic nitrogens is 2. The van der Waals surface area contributed by atoms with Gasteiger partial charge in [0.1, 0.15) is 0 Å². The van der Waals surface area contributed by atoms with E-state index in [1.54, 1.807) is 33.5 Å². The van der Waals surface area contributed by atoms with Crippen molar-refractivity contribution in [1.82, 2.24) is 15.0 Å². The minimum absolute atomic E-state index is 0.484. The van der Waals surface area contributed by atoms with Crippen molar-refractivity contribution in [2.75, 3.05) is 47.6 Å². The molecule has 1 aliphatic heterocycles. The zero-order chi connectivity index (χ0) is 16.9. The van der Waals surface area contributed by atoms with Crippen LogP contribution in [0, 0.1) is 0 Å². The molecular weight excluding hydrogens is 314 g/mol. The van der Waals surface area contributed by atoms with E-state index in [0.717, 1.165) is 31.9 Å². The lowest BCUT2D eigenvalue weighted by molar-refractivity contribution is 0.0297. The standard InChI is InChI=1S/C16H21N3O5/c1-20-12-8-11(9-13(21-2)15(12)22-3)16-17-14(24-18-16)10-19-4-6-23-7-5-19/h8-9H,4-7,10H2,1-3H3. The van der Waals surface area contributed by atoms with Crippen LogP contribution in [0.4, 0.5) is 0 Å². The van der Waals surface area contributed by atoms with Gasteiger partial charge < -0.3 is 23.5 Å². The quantitative estimate of drug-likeness (QED) is 0.787. The lowest BCUT2D eigenvalue weighted by atomic mass is 10.1. The fourth-order valence-electron chi connectivity index (χ4n) is 2.60. The zero-order valence-electron chi connectivity index (χ0n) is 14.1. The average molecular weight is 335 g/mol. The second-order valence-electron chi connectivity index (χ2n) is 5.31. The number of nitrogens with zero attached hydrogens (tertiary/aromatic N) is 3. The van der Waals surface area contributed by atoms with Crippen LogP contribution < -0.4 is 14.2 Å². The Morgan fingerprint density at radius 3 is 2.29 bits per heavy atom. The molecule has 3 rings (SSSR count). The van der Waals surface area contributed by atoms with Crippen molar-refractivity contribution in [2.24, 2.45) is 0 Å². The van der Waals surface area contributed by atoms with Gasteiger partial charge in [-0.25, -0.2) is 0 Å². The summed E-state index contributed by atoms with van der Waals surface area (Å²) in [6, 6.07) is 3.59. The molecular formula is C16H21N3O5. The Hall–Kier alpha value is -2.32. The molecule has 1 fully saturated rings. The fourth-order valence-corrected chi connectivity index (χ4v) is 2.60. The van der Waals surface area contributed by atoms with E-state index in [9.17, 15) is 0 Å². The largest absolute Gasteiger partial charge is 0.493 e. The Kier molecular flexibility index (Phi) is 5.17. The normalized spacial score (nSPS) is 15.3. The minimum Gasteiger partial charge on any atom is -0.493 e. The summed E-state index contributed by atoms with van der Waals surface area (Å²) in [4.78, 5) is 6.69. The van der Waals surface area contributed by atoms with Crippen molar-refractivity contribution in [3.63, 3.8) is 0 Å². The zero-order valence-corrected chi connectivity index (χ0v) is 14.1. The summed E-state index contributed by atoms with van der Waals surface area (Å²) in [5.74, 6) is 2.68. The van der Waals surface area contributed by atoms with Gasteiger partial charge in [-0.05, 0) is 12.1 Å². The third-order valence-corrected chi connectivity index (χ3v) is 3.85. The number of hydrogen-bond acceptors (Lipinski definition) is 8. The molecule has 0 spiro atoms. The van der Waals surface area contributed by atoms with E-state index >= 15 is 0 Å². The van der Waals surface area contributed by atoms with Crippen LogP contribution >= 0.6 is 0 Å². The fraction of sp³-hybridized carbons (Fsp3) is 0.500. The molecule has 1 aromatic carbocycles. The van der Waals surface area contributed by atoms with Gasteiger partial charge in [0.05, 0.1) is 41.1 Å². The molecule has 0 bridgehead atoms. The van der Waals surface area contributed by atoms with E-state index in [-0.39, 0.29) is 0 Å². The van der Waals surface area contributed by atoms with Crippen LogP contribution in [0.2, 0.25) is 0 Å². The average Bonchev–Trinajstić information content (AvgIpc) is 3.09. The molecule has 0 atom stereocenters. The molecule has 1 aliphatic rings. The first-order chi connectivity index (χ1) is 11.7. The van der Waals surface area contributed by atoms with Gasteiger partial charge in [0.25, 0.3) is 0 Å². The van der Waals surface area contributed by atoms with Crippen molar-refractivity contribution in [2.45, 2.75) is 6.54 Å². The van der Waals surface area contributed by atoms with Crippen molar-refractivity contribution >= 4 is 0 Å². The second-order valence-corrected chi connectivity index (χ2v) is 5.31. The van der Waals surface area contributed by atoms with Gasteiger partial charge in [-0.15, -0.1) is 0 Å². The number of ether oxygens (including phenoxy) is 4. The van der Waals surface area contributed by atoms with E-state index in [0.29, 0.717) is 35.5 Å². The van der Waals surface area contributed by atoms with Crippen LogP contribution in [0.1, 0.15) is 5.89 Å². The summed E-state index contributed by atoms with van der Waals surface area (Å²) in [7, 11) is 4.71. The van der Waals surface area contributed by atoms with Crippen molar-refractivity contribution < 1.29 is 23.5 Å². The summed E-state index contributed by atoms with van der Waals surface area (Å²) in [5.41, 5.74) is 0.737. The van der Waals surface area contributed by atoms with Gasteiger partial charge >= 0.3 is 0 Å². The molecule has 0 amide bonds. The molecule has 0 radical (unpaired) electrons. The Bertz CT molecular complexity index is 657. The van der Waals surface area contributed by atoms with Gasteiger partial charge in [-0.1, -0.05) is 5.16 Å². The summed E-state index contributed by atoms with van der Waals surface area (Å²) in [6.45, 7) is 3.80. The first-order valence-corrected chi connectivity index (χ1v) is 7.68. The molecule has 0 N–H and O–H groups in total. The van der Waals surface area contributed by atoms with E-state index in [4.69, 9.17) is 23.5 Å². The SMILES string of the molecule is COc1cc(-c2noc(CN3CCOCC3)n2)cc(OC)c1OC. The van der Waals surface area contributed by atoms with Gasteiger partial charge in [0, 0.05) is 18.7 Å². The highest BCUT2D eigenvalue weighted by molar-refractivity contribution is 5.66. The number of morpholine rings is 1. The molecule has 130 valence electrons. The van der Waals surface area contributed by atoms with Crippen LogP contribution in [-0.4, -0.2) is 62.7 Å². The Morgan fingerprint density at radius 1 is 1.04 bits per heavy atom. The molecule has 2 aromatic rings. The van der Waals surface area contributed by atoms with Gasteiger partial charge in [0.15, 0.2) is 11.5 Å². The first-order valence-electron chi connectivity index (χ1n) is 7.68. The summed E-state index contributed by atoms with van der Waals surface area (Å²) in [5, 5.41) is 4.06. The van der Waals surface area contributed by atoms with E-state index in [2.05, 4.69) is 15.0 Å². The lowest BCUT2D eigenvalue weighted by Gasteiger charge is -2.24. The molecule has 0 unspecified atom stereocenters. The Morgan fingerprint density at radius 2 is 1.71 bits per heavy atom. The van der Waals surface area contributed by atoms with E-state index in [1.165, 1.54) is 0 Å². The van der Waals surface area contributed by atoms with Crippen molar-refractivity contribution in [3.05, 3.63) is 18.0 Å². The molecule has 1 saturated heterocycles. The van der Waals surface area contributed by atoms with Gasteiger partial charge in [-0.2, -0.15) is 4.98 Å². The maximum absolute atomic E-state index is 5.37. The maximum Gasteiger partial charge on any atom is 0.241 e.